The second-order valence-electron chi connectivity index (χ2n) is 3.77. The van der Waals surface area contributed by atoms with Gasteiger partial charge < -0.3 is 10.6 Å². The topological polar surface area (TPSA) is 71.1 Å². The van der Waals surface area contributed by atoms with Crippen molar-refractivity contribution < 1.29 is 13.7 Å². The molecule has 0 spiro atoms. The van der Waals surface area contributed by atoms with Gasteiger partial charge in [0.05, 0.1) is 10.6 Å². The van der Waals surface area contributed by atoms with Crippen LogP contribution in [0.3, 0.4) is 0 Å². The van der Waals surface area contributed by atoms with E-state index in [0.717, 1.165) is 19.0 Å². The maximum Gasteiger partial charge on any atom is 0.254 e. The van der Waals surface area contributed by atoms with Gasteiger partial charge in [0.15, 0.2) is 0 Å². The first-order valence-electron chi connectivity index (χ1n) is 6.55. The molecule has 17 heavy (non-hydrogen) atoms. The van der Waals surface area contributed by atoms with Gasteiger partial charge in [0.1, 0.15) is 5.82 Å². The molecule has 5 nitrogen and oxygen atoms in total. The lowest BCUT2D eigenvalue weighted by Gasteiger charge is -2.06. The standard InChI is InChI=1S/C11H12ClN3O2/c1-13-11(17)7-5-14-9(4-8(7)12)15-10(16)6-2-3-6/h4-6H,2-3H2,1H3,(H,13,17)(H,14,15,16)/i1D3. The highest BCUT2D eigenvalue weighted by atomic mass is 35.5. The molecule has 1 aliphatic rings. The first kappa shape index (κ1) is 8.47. The van der Waals surface area contributed by atoms with Crippen LogP contribution in [0.1, 0.15) is 27.3 Å². The van der Waals surface area contributed by atoms with E-state index < -0.39 is 12.9 Å². The summed E-state index contributed by atoms with van der Waals surface area (Å²) in [6, 6.07) is 1.32. The molecule has 1 fully saturated rings. The van der Waals surface area contributed by atoms with Crippen LogP contribution in [-0.4, -0.2) is 23.8 Å². The maximum absolute atomic E-state index is 11.6. The Labute approximate surface area is 108 Å². The number of nitrogens with one attached hydrogen (secondary N) is 2. The van der Waals surface area contributed by atoms with E-state index in [0.29, 0.717) is 0 Å². The highest BCUT2D eigenvalue weighted by Crippen LogP contribution is 2.30. The van der Waals surface area contributed by atoms with Gasteiger partial charge in [-0.25, -0.2) is 4.98 Å². The van der Waals surface area contributed by atoms with Crippen molar-refractivity contribution in [2.24, 2.45) is 5.92 Å². The molecule has 1 heterocycles. The number of anilines is 1. The van der Waals surface area contributed by atoms with Crippen LogP contribution in [0.4, 0.5) is 5.82 Å². The van der Waals surface area contributed by atoms with E-state index in [4.69, 9.17) is 15.7 Å². The summed E-state index contributed by atoms with van der Waals surface area (Å²) in [6.45, 7) is -2.60. The van der Waals surface area contributed by atoms with Crippen LogP contribution in [-0.2, 0) is 4.79 Å². The van der Waals surface area contributed by atoms with Crippen molar-refractivity contribution >= 4 is 29.2 Å². The Balaban J connectivity index is 2.08. The number of amides is 2. The molecule has 0 radical (unpaired) electrons. The maximum atomic E-state index is 11.6. The zero-order valence-corrected chi connectivity index (χ0v) is 9.54. The van der Waals surface area contributed by atoms with E-state index in [-0.39, 0.29) is 28.2 Å². The van der Waals surface area contributed by atoms with Crippen molar-refractivity contribution in [1.29, 1.82) is 0 Å². The Morgan fingerprint density at radius 3 is 2.94 bits per heavy atom. The number of hydrogen-bond acceptors (Lipinski definition) is 3. The predicted molar refractivity (Wildman–Crippen MR) is 64.0 cm³/mol. The first-order chi connectivity index (χ1) is 9.26. The highest BCUT2D eigenvalue weighted by molar-refractivity contribution is 6.34. The Bertz CT molecular complexity index is 558. The lowest BCUT2D eigenvalue weighted by atomic mass is 10.2. The fraction of sp³-hybridized carbons (Fsp3) is 0.364. The summed E-state index contributed by atoms with van der Waals surface area (Å²) in [4.78, 5) is 27.1. The van der Waals surface area contributed by atoms with Crippen LogP contribution in [0.25, 0.3) is 0 Å². The van der Waals surface area contributed by atoms with E-state index in [1.165, 1.54) is 6.07 Å². The van der Waals surface area contributed by atoms with Crippen LogP contribution >= 0.6 is 11.6 Å². The quantitative estimate of drug-likeness (QED) is 0.860. The third kappa shape index (κ3) is 2.74. The number of carbonyl (C=O) groups is 2. The van der Waals surface area contributed by atoms with E-state index in [9.17, 15) is 9.59 Å². The van der Waals surface area contributed by atoms with Crippen LogP contribution in [0, 0.1) is 5.92 Å². The van der Waals surface area contributed by atoms with Gasteiger partial charge in [-0.05, 0) is 12.8 Å². The highest BCUT2D eigenvalue weighted by Gasteiger charge is 2.29. The summed E-state index contributed by atoms with van der Waals surface area (Å²) in [5.74, 6) is -0.720. The number of nitrogens with zero attached hydrogens (tertiary/aromatic N) is 1. The average Bonchev–Trinajstić information content (AvgIpc) is 3.09. The first-order valence-corrected chi connectivity index (χ1v) is 5.43. The fourth-order valence-corrected chi connectivity index (χ4v) is 1.55. The van der Waals surface area contributed by atoms with Crippen LogP contribution in [0.15, 0.2) is 12.3 Å². The van der Waals surface area contributed by atoms with Crippen molar-refractivity contribution in [3.63, 3.8) is 0 Å². The van der Waals surface area contributed by atoms with Crippen molar-refractivity contribution in [2.45, 2.75) is 12.8 Å². The fourth-order valence-electron chi connectivity index (χ4n) is 1.31. The molecular weight excluding hydrogens is 242 g/mol. The molecule has 90 valence electrons. The van der Waals surface area contributed by atoms with E-state index in [1.807, 2.05) is 5.32 Å². The van der Waals surface area contributed by atoms with Gasteiger partial charge in [0.25, 0.3) is 5.91 Å². The Hall–Kier alpha value is -1.62. The molecule has 0 aliphatic heterocycles. The lowest BCUT2D eigenvalue weighted by molar-refractivity contribution is -0.117. The second kappa shape index (κ2) is 4.71. The van der Waals surface area contributed by atoms with E-state index in [2.05, 4.69) is 10.3 Å². The van der Waals surface area contributed by atoms with Crippen LogP contribution in [0.2, 0.25) is 5.02 Å². The number of halogens is 1. The molecule has 2 N–H and O–H groups in total. The van der Waals surface area contributed by atoms with Crippen molar-refractivity contribution in [2.75, 3.05) is 12.3 Å². The molecule has 1 aromatic rings. The van der Waals surface area contributed by atoms with E-state index in [1.54, 1.807) is 0 Å². The molecule has 6 heteroatoms. The number of rotatable bonds is 3. The van der Waals surface area contributed by atoms with Crippen molar-refractivity contribution in [3.05, 3.63) is 22.8 Å². The van der Waals surface area contributed by atoms with Gasteiger partial charge in [-0.1, -0.05) is 11.6 Å². The van der Waals surface area contributed by atoms with Crippen molar-refractivity contribution in [3.8, 4) is 0 Å². The Kier molecular flexibility index (Phi) is 2.35. The number of pyridine rings is 1. The van der Waals surface area contributed by atoms with Gasteiger partial charge in [0, 0.05) is 29.3 Å². The zero-order valence-electron chi connectivity index (χ0n) is 11.8. The zero-order chi connectivity index (χ0) is 14.9. The van der Waals surface area contributed by atoms with Crippen molar-refractivity contribution in [1.82, 2.24) is 10.3 Å². The molecule has 0 atom stereocenters. The van der Waals surface area contributed by atoms with Gasteiger partial charge in [-0.2, -0.15) is 0 Å². The SMILES string of the molecule is [2H]C([2H])([2H])NC(=O)c1cnc(NC(=O)C2CC2)cc1Cl. The Morgan fingerprint density at radius 2 is 2.35 bits per heavy atom. The number of aromatic nitrogens is 1. The second-order valence-corrected chi connectivity index (χ2v) is 4.17. The monoisotopic (exact) mass is 256 g/mol. The summed E-state index contributed by atoms with van der Waals surface area (Å²) in [6.07, 6.45) is 2.85. The molecular formula is C11H12ClN3O2. The summed E-state index contributed by atoms with van der Waals surface area (Å²) < 4.78 is 20.9. The molecule has 0 saturated heterocycles. The average molecular weight is 257 g/mol. The molecule has 1 saturated carbocycles. The minimum Gasteiger partial charge on any atom is -0.355 e. The molecule has 2 amide bonds. The normalized spacial score (nSPS) is 17.6. The predicted octanol–water partition coefficient (Wildman–Crippen LogP) is 1.44. The number of hydrogen-bond donors (Lipinski definition) is 2. The Morgan fingerprint density at radius 1 is 1.59 bits per heavy atom. The summed E-state index contributed by atoms with van der Waals surface area (Å²) in [5.41, 5.74) is -0.0628. The molecule has 2 rings (SSSR count). The van der Waals surface area contributed by atoms with E-state index >= 15 is 0 Å². The summed E-state index contributed by atoms with van der Waals surface area (Å²) in [7, 11) is 0. The third-order valence-electron chi connectivity index (χ3n) is 2.41. The molecule has 0 aromatic carbocycles. The number of carbonyl (C=O) groups excluding carboxylic acids is 2. The molecule has 1 aromatic heterocycles. The molecule has 0 unspecified atom stereocenters. The van der Waals surface area contributed by atoms with Gasteiger partial charge in [-0.15, -0.1) is 0 Å². The minimum absolute atomic E-state index is 0.0212. The smallest absolute Gasteiger partial charge is 0.254 e. The lowest BCUT2D eigenvalue weighted by Crippen LogP contribution is -2.19. The van der Waals surface area contributed by atoms with Crippen LogP contribution < -0.4 is 10.6 Å². The van der Waals surface area contributed by atoms with Gasteiger partial charge in [0.2, 0.25) is 5.91 Å². The molecule has 0 bridgehead atoms. The largest absolute Gasteiger partial charge is 0.355 e. The molecule has 1 aliphatic carbocycles. The summed E-state index contributed by atoms with van der Waals surface area (Å²) >= 11 is 5.90. The van der Waals surface area contributed by atoms with Gasteiger partial charge in [-0.3, -0.25) is 9.59 Å². The summed E-state index contributed by atoms with van der Waals surface area (Å²) in [5, 5.41) is 4.42. The minimum atomic E-state index is -2.60. The van der Waals surface area contributed by atoms with Crippen LogP contribution in [0.5, 0.6) is 0 Å². The van der Waals surface area contributed by atoms with Gasteiger partial charge >= 0.3 is 0 Å². The third-order valence-corrected chi connectivity index (χ3v) is 2.72.